The molecular formula is C42H38N8. The van der Waals surface area contributed by atoms with E-state index in [1.807, 2.05) is 26.0 Å². The first-order valence-electron chi connectivity index (χ1n) is 17.7. The predicted molar refractivity (Wildman–Crippen MR) is 198 cm³/mol. The highest BCUT2D eigenvalue weighted by molar-refractivity contribution is 5.82. The first-order chi connectivity index (χ1) is 24.6. The summed E-state index contributed by atoms with van der Waals surface area (Å²) in [5.74, 6) is 2.11. The minimum Gasteiger partial charge on any atom is -0.334 e. The average molecular weight is 655 g/mol. The molecule has 0 saturated heterocycles. The molecule has 2 aliphatic rings. The lowest BCUT2D eigenvalue weighted by atomic mass is 10.0. The summed E-state index contributed by atoms with van der Waals surface area (Å²) in [7, 11) is 4.17. The van der Waals surface area contributed by atoms with E-state index >= 15 is 0 Å². The van der Waals surface area contributed by atoms with E-state index in [0.717, 1.165) is 52.2 Å². The topological polar surface area (TPSA) is 71.3 Å². The number of imidazole rings is 4. The van der Waals surface area contributed by atoms with E-state index in [-0.39, 0.29) is 0 Å². The lowest BCUT2D eigenvalue weighted by molar-refractivity contribution is 0.743. The molecular weight excluding hydrogens is 617 g/mol. The molecule has 2 aliphatic carbocycles. The van der Waals surface area contributed by atoms with Crippen molar-refractivity contribution in [3.8, 4) is 33.9 Å². The Labute approximate surface area is 290 Å². The summed E-state index contributed by atoms with van der Waals surface area (Å²) in [6.07, 6.45) is 10.8. The van der Waals surface area contributed by atoms with E-state index in [1.165, 1.54) is 65.0 Å². The van der Waals surface area contributed by atoms with Crippen molar-refractivity contribution in [2.24, 2.45) is 14.1 Å². The predicted octanol–water partition coefficient (Wildman–Crippen LogP) is 8.71. The minimum absolute atomic E-state index is 0.548. The van der Waals surface area contributed by atoms with Gasteiger partial charge in [0.05, 0.1) is 58.1 Å². The smallest absolute Gasteiger partial charge is 0.140 e. The van der Waals surface area contributed by atoms with Crippen LogP contribution in [-0.4, -0.2) is 38.2 Å². The molecule has 8 nitrogen and oxygen atoms in total. The summed E-state index contributed by atoms with van der Waals surface area (Å²) in [5, 5.41) is 0. The van der Waals surface area contributed by atoms with Gasteiger partial charge in [-0.3, -0.25) is 0 Å². The van der Waals surface area contributed by atoms with Gasteiger partial charge in [0.2, 0.25) is 0 Å². The number of nitrogens with zero attached hydrogens (tertiary/aromatic N) is 8. The third-order valence-electron chi connectivity index (χ3n) is 10.6. The van der Waals surface area contributed by atoms with E-state index in [0.29, 0.717) is 11.8 Å². The van der Waals surface area contributed by atoms with Crippen LogP contribution in [0.15, 0.2) is 110 Å². The van der Waals surface area contributed by atoms with Gasteiger partial charge >= 0.3 is 0 Å². The molecule has 4 heterocycles. The van der Waals surface area contributed by atoms with Gasteiger partial charge in [-0.1, -0.05) is 66.7 Å². The SMILES string of the molecule is Cn1cnc2ccc(Cn3cnc(C4CC4)c3-c3ccc(-c4nc5ccc(Cn6cnc(-c7ccccc7)c6C6CC6)cc5n4C)cc3)cc21. The molecule has 2 fully saturated rings. The highest BCUT2D eigenvalue weighted by Crippen LogP contribution is 2.45. The number of benzene rings is 4. The van der Waals surface area contributed by atoms with Crippen LogP contribution in [0.5, 0.6) is 0 Å². The van der Waals surface area contributed by atoms with Crippen LogP contribution < -0.4 is 0 Å². The third-order valence-corrected chi connectivity index (χ3v) is 10.6. The van der Waals surface area contributed by atoms with Crippen LogP contribution in [0.1, 0.15) is 60.0 Å². The van der Waals surface area contributed by atoms with Crippen molar-refractivity contribution in [2.75, 3.05) is 0 Å². The highest BCUT2D eigenvalue weighted by atomic mass is 15.1. The molecule has 4 aromatic heterocycles. The van der Waals surface area contributed by atoms with E-state index in [1.54, 1.807) is 0 Å². The van der Waals surface area contributed by atoms with Crippen LogP contribution >= 0.6 is 0 Å². The lowest BCUT2D eigenvalue weighted by Crippen LogP contribution is -2.03. The van der Waals surface area contributed by atoms with Gasteiger partial charge in [0, 0.05) is 61.4 Å². The Morgan fingerprint density at radius 2 is 1.28 bits per heavy atom. The fourth-order valence-electron chi connectivity index (χ4n) is 7.64. The Morgan fingerprint density at radius 3 is 2.04 bits per heavy atom. The van der Waals surface area contributed by atoms with Crippen molar-refractivity contribution in [2.45, 2.75) is 50.6 Å². The molecule has 0 spiro atoms. The largest absolute Gasteiger partial charge is 0.334 e. The second-order valence-electron chi connectivity index (χ2n) is 14.2. The number of aromatic nitrogens is 8. The van der Waals surface area contributed by atoms with Crippen molar-refractivity contribution >= 4 is 22.1 Å². The molecule has 2 saturated carbocycles. The zero-order valence-corrected chi connectivity index (χ0v) is 28.4. The highest BCUT2D eigenvalue weighted by Gasteiger charge is 2.31. The number of fused-ring (bicyclic) bond motifs is 2. The molecule has 0 atom stereocenters. The third kappa shape index (κ3) is 5.05. The Morgan fingerprint density at radius 1 is 0.600 bits per heavy atom. The first kappa shape index (κ1) is 29.2. The van der Waals surface area contributed by atoms with Crippen LogP contribution in [0.4, 0.5) is 0 Å². The summed E-state index contributed by atoms with van der Waals surface area (Å²) in [6.45, 7) is 1.56. The molecule has 4 aromatic carbocycles. The molecule has 0 radical (unpaired) electrons. The van der Waals surface area contributed by atoms with Crippen molar-refractivity contribution < 1.29 is 0 Å². The summed E-state index contributed by atoms with van der Waals surface area (Å²) in [5.41, 5.74) is 15.2. The van der Waals surface area contributed by atoms with Gasteiger partial charge in [-0.15, -0.1) is 0 Å². The van der Waals surface area contributed by atoms with E-state index in [9.17, 15) is 0 Å². The van der Waals surface area contributed by atoms with Crippen LogP contribution in [-0.2, 0) is 27.2 Å². The monoisotopic (exact) mass is 654 g/mol. The van der Waals surface area contributed by atoms with Crippen LogP contribution in [0.2, 0.25) is 0 Å². The number of aryl methyl sites for hydroxylation is 2. The molecule has 8 heteroatoms. The Hall–Kier alpha value is -5.76. The van der Waals surface area contributed by atoms with Crippen molar-refractivity contribution in [3.05, 3.63) is 132 Å². The Bertz CT molecular complexity index is 2520. The van der Waals surface area contributed by atoms with Crippen LogP contribution in [0.3, 0.4) is 0 Å². The number of hydrogen-bond donors (Lipinski definition) is 0. The molecule has 0 bridgehead atoms. The second kappa shape index (κ2) is 11.4. The van der Waals surface area contributed by atoms with Gasteiger partial charge in [-0.25, -0.2) is 19.9 Å². The lowest BCUT2D eigenvalue weighted by Gasteiger charge is -2.12. The average Bonchev–Trinajstić information content (AvgIpc) is 4.04. The molecule has 0 amide bonds. The summed E-state index contributed by atoms with van der Waals surface area (Å²) in [4.78, 5) is 19.4. The summed E-state index contributed by atoms with van der Waals surface area (Å²) >= 11 is 0. The van der Waals surface area contributed by atoms with Gasteiger partial charge in [-0.2, -0.15) is 0 Å². The number of rotatable bonds is 9. The Balaban J connectivity index is 0.944. The zero-order valence-electron chi connectivity index (χ0n) is 28.4. The number of hydrogen-bond acceptors (Lipinski definition) is 4. The minimum atomic E-state index is 0.548. The van der Waals surface area contributed by atoms with Gasteiger partial charge in [0.1, 0.15) is 5.82 Å². The maximum atomic E-state index is 5.10. The molecule has 0 N–H and O–H groups in total. The second-order valence-corrected chi connectivity index (χ2v) is 14.2. The van der Waals surface area contributed by atoms with Gasteiger partial charge in [-0.05, 0) is 61.1 Å². The van der Waals surface area contributed by atoms with Crippen LogP contribution in [0, 0.1) is 0 Å². The molecule has 8 aromatic rings. The van der Waals surface area contributed by atoms with E-state index in [2.05, 4.69) is 121 Å². The first-order valence-corrected chi connectivity index (χ1v) is 17.7. The Kier molecular flexibility index (Phi) is 6.66. The summed E-state index contributed by atoms with van der Waals surface area (Å²) < 4.78 is 8.98. The van der Waals surface area contributed by atoms with Gasteiger partial charge in [0.25, 0.3) is 0 Å². The van der Waals surface area contributed by atoms with Crippen molar-refractivity contribution in [1.29, 1.82) is 0 Å². The standard InChI is InChI=1S/C42H38N8/c1-47-24-43-34-18-8-27(20-36(34)47)22-49-26-45-39(30-10-11-30)41(49)32-14-16-33(17-15-32)42-46-35-19-9-28(21-37(35)48(42)2)23-50-25-44-38(40(50)31-12-13-31)29-6-4-3-5-7-29/h3-9,14-21,24-26,30-31H,10-13,22-23H2,1-2H3. The maximum Gasteiger partial charge on any atom is 0.140 e. The van der Waals surface area contributed by atoms with Gasteiger partial charge in [0.15, 0.2) is 0 Å². The maximum absolute atomic E-state index is 5.10. The summed E-state index contributed by atoms with van der Waals surface area (Å²) in [6, 6.07) is 32.7. The molecule has 0 unspecified atom stereocenters. The fraction of sp³-hybridized carbons (Fsp3) is 0.238. The normalized spacial score (nSPS) is 14.7. The fourth-order valence-corrected chi connectivity index (χ4v) is 7.64. The molecule has 0 aliphatic heterocycles. The van der Waals surface area contributed by atoms with Crippen molar-refractivity contribution in [1.82, 2.24) is 38.2 Å². The van der Waals surface area contributed by atoms with E-state index < -0.39 is 0 Å². The van der Waals surface area contributed by atoms with Crippen LogP contribution in [0.25, 0.3) is 56.0 Å². The quantitative estimate of drug-likeness (QED) is 0.156. The molecule has 50 heavy (non-hydrogen) atoms. The molecule has 246 valence electrons. The van der Waals surface area contributed by atoms with E-state index in [4.69, 9.17) is 15.0 Å². The molecule has 10 rings (SSSR count). The van der Waals surface area contributed by atoms with Crippen molar-refractivity contribution in [3.63, 3.8) is 0 Å². The van der Waals surface area contributed by atoms with Gasteiger partial charge < -0.3 is 18.3 Å². The zero-order chi connectivity index (χ0) is 33.3.